The summed E-state index contributed by atoms with van der Waals surface area (Å²) in [6, 6.07) is 7.35. The van der Waals surface area contributed by atoms with Gasteiger partial charge < -0.3 is 14.8 Å². The normalized spacial score (nSPS) is 14.1. The van der Waals surface area contributed by atoms with Crippen LogP contribution in [0.15, 0.2) is 36.7 Å². The van der Waals surface area contributed by atoms with Gasteiger partial charge in [0.25, 0.3) is 5.91 Å². The van der Waals surface area contributed by atoms with Crippen LogP contribution in [0.2, 0.25) is 0 Å². The predicted octanol–water partition coefficient (Wildman–Crippen LogP) is 2.05. The van der Waals surface area contributed by atoms with Crippen LogP contribution in [0.4, 0.5) is 5.69 Å². The highest BCUT2D eigenvalue weighted by molar-refractivity contribution is 6.06. The maximum Gasteiger partial charge on any atom is 0.273 e. The Hall–Kier alpha value is -3.66. The van der Waals surface area contributed by atoms with Crippen molar-refractivity contribution in [3.8, 4) is 5.75 Å². The van der Waals surface area contributed by atoms with Gasteiger partial charge in [0.05, 0.1) is 36.4 Å². The molecule has 0 bridgehead atoms. The second-order valence-corrected chi connectivity index (χ2v) is 7.80. The number of aromatic nitrogens is 3. The number of ether oxygens (including phenoxy) is 2. The van der Waals surface area contributed by atoms with Crippen molar-refractivity contribution in [1.82, 2.24) is 25.6 Å². The molecule has 1 aliphatic rings. The van der Waals surface area contributed by atoms with E-state index in [0.29, 0.717) is 42.4 Å². The molecule has 10 heteroatoms. The molecule has 1 aromatic carbocycles. The maximum atomic E-state index is 13.0. The van der Waals surface area contributed by atoms with Crippen LogP contribution < -0.4 is 20.9 Å². The third-order valence-electron chi connectivity index (χ3n) is 5.62. The molecule has 2 aromatic heterocycles. The van der Waals surface area contributed by atoms with E-state index in [-0.39, 0.29) is 18.4 Å². The van der Waals surface area contributed by atoms with Crippen molar-refractivity contribution in [2.24, 2.45) is 0 Å². The molecule has 1 fully saturated rings. The van der Waals surface area contributed by atoms with Gasteiger partial charge in [-0.2, -0.15) is 5.10 Å². The van der Waals surface area contributed by atoms with Crippen LogP contribution in [0, 0.1) is 0 Å². The van der Waals surface area contributed by atoms with Crippen molar-refractivity contribution in [2.45, 2.75) is 38.8 Å². The smallest absolute Gasteiger partial charge is 0.273 e. The van der Waals surface area contributed by atoms with E-state index in [4.69, 9.17) is 9.47 Å². The summed E-state index contributed by atoms with van der Waals surface area (Å²) in [5.41, 5.74) is 7.51. The molecule has 2 amide bonds. The van der Waals surface area contributed by atoms with Crippen molar-refractivity contribution in [3.63, 3.8) is 0 Å². The zero-order valence-corrected chi connectivity index (χ0v) is 18.8. The van der Waals surface area contributed by atoms with Gasteiger partial charge in [-0.1, -0.05) is 12.1 Å². The average Bonchev–Trinajstić information content (AvgIpc) is 3.27. The van der Waals surface area contributed by atoms with Crippen LogP contribution in [-0.4, -0.2) is 52.9 Å². The molecule has 0 saturated carbocycles. The zero-order chi connectivity index (χ0) is 23.2. The molecule has 1 saturated heterocycles. The summed E-state index contributed by atoms with van der Waals surface area (Å²) in [5.74, 6) is -0.0714. The van der Waals surface area contributed by atoms with Gasteiger partial charge >= 0.3 is 0 Å². The second-order valence-electron chi connectivity index (χ2n) is 7.80. The third kappa shape index (κ3) is 5.23. The summed E-state index contributed by atoms with van der Waals surface area (Å²) in [7, 11) is 1.59. The molecular weight excluding hydrogens is 424 g/mol. The van der Waals surface area contributed by atoms with Crippen LogP contribution in [0.25, 0.3) is 11.0 Å². The first-order chi connectivity index (χ1) is 16.1. The molecule has 1 aliphatic heterocycles. The molecule has 0 aliphatic carbocycles. The number of hydrazine groups is 1. The van der Waals surface area contributed by atoms with Gasteiger partial charge in [0, 0.05) is 32.0 Å². The highest BCUT2D eigenvalue weighted by Crippen LogP contribution is 2.28. The van der Waals surface area contributed by atoms with Gasteiger partial charge in [0.2, 0.25) is 5.91 Å². The Labute approximate surface area is 191 Å². The SMILES string of the molecule is CCn1ncc2c(NC3CCOCC3)c(C(=O)NNC(=O)Cc3ccc(OC)cc3)cnc21. The zero-order valence-electron chi connectivity index (χ0n) is 18.8. The number of pyridine rings is 1. The lowest BCUT2D eigenvalue weighted by atomic mass is 10.1. The molecule has 0 atom stereocenters. The Balaban J connectivity index is 1.49. The fourth-order valence-electron chi connectivity index (χ4n) is 3.80. The summed E-state index contributed by atoms with van der Waals surface area (Å²) in [6.45, 7) is 3.99. The molecule has 0 radical (unpaired) electrons. The van der Waals surface area contributed by atoms with Crippen LogP contribution in [0.3, 0.4) is 0 Å². The topological polar surface area (TPSA) is 119 Å². The summed E-state index contributed by atoms with van der Waals surface area (Å²) in [4.78, 5) is 29.8. The molecule has 10 nitrogen and oxygen atoms in total. The number of aryl methyl sites for hydroxylation is 1. The summed E-state index contributed by atoms with van der Waals surface area (Å²) < 4.78 is 12.4. The van der Waals surface area contributed by atoms with E-state index in [2.05, 4.69) is 26.3 Å². The van der Waals surface area contributed by atoms with Gasteiger partial charge in [-0.25, -0.2) is 9.67 Å². The molecule has 3 aromatic rings. The first kappa shape index (κ1) is 22.5. The van der Waals surface area contributed by atoms with Gasteiger partial charge in [0.1, 0.15) is 5.75 Å². The number of hydrogen-bond donors (Lipinski definition) is 3. The average molecular weight is 453 g/mol. The standard InChI is InChI=1S/C23H28N6O4/c1-3-29-22-18(14-25-29)21(26-16-8-10-33-11-9-16)19(13-24-22)23(31)28-27-20(30)12-15-4-6-17(32-2)7-5-15/h4-7,13-14,16H,3,8-12H2,1-2H3,(H,24,26)(H,27,30)(H,28,31). The first-order valence-corrected chi connectivity index (χ1v) is 11.0. The minimum Gasteiger partial charge on any atom is -0.497 e. The summed E-state index contributed by atoms with van der Waals surface area (Å²) in [6.07, 6.45) is 5.03. The fraction of sp³-hybridized carbons (Fsp3) is 0.391. The van der Waals surface area contributed by atoms with Crippen LogP contribution in [0.1, 0.15) is 35.7 Å². The fourth-order valence-corrected chi connectivity index (χ4v) is 3.80. The molecule has 3 N–H and O–H groups in total. The van der Waals surface area contributed by atoms with Crippen LogP contribution in [-0.2, 0) is 22.5 Å². The Morgan fingerprint density at radius 1 is 1.15 bits per heavy atom. The molecule has 3 heterocycles. The lowest BCUT2D eigenvalue weighted by molar-refractivity contribution is -0.121. The number of anilines is 1. The van der Waals surface area contributed by atoms with Crippen molar-refractivity contribution >= 4 is 28.5 Å². The van der Waals surface area contributed by atoms with Gasteiger partial charge in [0.15, 0.2) is 5.65 Å². The lowest BCUT2D eigenvalue weighted by Crippen LogP contribution is -2.42. The van der Waals surface area contributed by atoms with E-state index in [9.17, 15) is 9.59 Å². The van der Waals surface area contributed by atoms with Crippen molar-refractivity contribution in [1.29, 1.82) is 0 Å². The number of hydrogen-bond acceptors (Lipinski definition) is 7. The summed E-state index contributed by atoms with van der Waals surface area (Å²) >= 11 is 0. The molecule has 4 rings (SSSR count). The number of rotatable bonds is 7. The maximum absolute atomic E-state index is 13.0. The molecular formula is C23H28N6O4. The minimum atomic E-state index is -0.453. The number of carbonyl (C=O) groups is 2. The molecule has 0 spiro atoms. The Morgan fingerprint density at radius 3 is 2.61 bits per heavy atom. The highest BCUT2D eigenvalue weighted by Gasteiger charge is 2.22. The van der Waals surface area contributed by atoms with E-state index in [0.717, 1.165) is 23.8 Å². The number of nitrogens with zero attached hydrogens (tertiary/aromatic N) is 3. The Bertz CT molecular complexity index is 1120. The van der Waals surface area contributed by atoms with Gasteiger partial charge in [-0.15, -0.1) is 0 Å². The number of benzene rings is 1. The number of fused-ring (bicyclic) bond motifs is 1. The Morgan fingerprint density at radius 2 is 1.91 bits per heavy atom. The van der Waals surface area contributed by atoms with E-state index in [1.165, 1.54) is 6.20 Å². The van der Waals surface area contributed by atoms with Crippen molar-refractivity contribution < 1.29 is 19.1 Å². The van der Waals surface area contributed by atoms with Crippen molar-refractivity contribution in [2.75, 3.05) is 25.6 Å². The van der Waals surface area contributed by atoms with E-state index in [1.807, 2.05) is 6.92 Å². The monoisotopic (exact) mass is 452 g/mol. The van der Waals surface area contributed by atoms with E-state index >= 15 is 0 Å². The van der Waals surface area contributed by atoms with E-state index in [1.54, 1.807) is 42.3 Å². The van der Waals surface area contributed by atoms with Crippen LogP contribution >= 0.6 is 0 Å². The molecule has 33 heavy (non-hydrogen) atoms. The number of methoxy groups -OCH3 is 1. The highest BCUT2D eigenvalue weighted by atomic mass is 16.5. The van der Waals surface area contributed by atoms with Gasteiger partial charge in [-0.3, -0.25) is 20.4 Å². The predicted molar refractivity (Wildman–Crippen MR) is 123 cm³/mol. The minimum absolute atomic E-state index is 0.123. The number of carbonyl (C=O) groups excluding carboxylic acids is 2. The largest absolute Gasteiger partial charge is 0.497 e. The van der Waals surface area contributed by atoms with Gasteiger partial charge in [-0.05, 0) is 37.5 Å². The third-order valence-corrected chi connectivity index (χ3v) is 5.62. The van der Waals surface area contributed by atoms with E-state index < -0.39 is 5.91 Å². The molecule has 174 valence electrons. The molecule has 0 unspecified atom stereocenters. The lowest BCUT2D eigenvalue weighted by Gasteiger charge is -2.25. The number of amides is 2. The summed E-state index contributed by atoms with van der Waals surface area (Å²) in [5, 5.41) is 8.64. The van der Waals surface area contributed by atoms with Crippen LogP contribution in [0.5, 0.6) is 5.75 Å². The first-order valence-electron chi connectivity index (χ1n) is 11.0. The second kappa shape index (κ2) is 10.3. The quantitative estimate of drug-likeness (QED) is 0.470. The Kier molecular flexibility index (Phi) is 7.04. The van der Waals surface area contributed by atoms with Crippen molar-refractivity contribution in [3.05, 3.63) is 47.8 Å². The number of nitrogens with one attached hydrogen (secondary N) is 3.